The predicted octanol–water partition coefficient (Wildman–Crippen LogP) is 5.49. The van der Waals surface area contributed by atoms with Crippen LogP contribution in [-0.4, -0.2) is 22.8 Å². The first-order valence-electron chi connectivity index (χ1n) is 9.80. The van der Waals surface area contributed by atoms with Gasteiger partial charge in [-0.3, -0.25) is 4.79 Å². The van der Waals surface area contributed by atoms with Crippen molar-refractivity contribution in [3.8, 4) is 11.5 Å². The van der Waals surface area contributed by atoms with Crippen molar-refractivity contribution in [3.05, 3.63) is 23.8 Å². The number of ether oxygens (including phenoxy) is 1. The van der Waals surface area contributed by atoms with Gasteiger partial charge >= 0.3 is 5.97 Å². The maximum Gasteiger partial charge on any atom is 0.310 e. The van der Waals surface area contributed by atoms with Gasteiger partial charge in [-0.15, -0.1) is 0 Å². The minimum Gasteiger partial charge on any atom is -0.504 e. The van der Waals surface area contributed by atoms with Crippen molar-refractivity contribution in [1.82, 2.24) is 0 Å². The predicted molar refractivity (Wildman–Crippen MR) is 101 cm³/mol. The van der Waals surface area contributed by atoms with Gasteiger partial charge in [-0.05, 0) is 24.1 Å². The first kappa shape index (κ1) is 21.3. The normalized spacial score (nSPS) is 10.8. The molecule has 0 saturated carbocycles. The zero-order chi connectivity index (χ0) is 18.3. The summed E-state index contributed by atoms with van der Waals surface area (Å²) >= 11 is 0. The Balaban J connectivity index is 1.93. The number of phenols is 2. The second-order valence-corrected chi connectivity index (χ2v) is 6.76. The molecular formula is C21H34O4. The molecule has 0 aromatic heterocycles. The second kappa shape index (κ2) is 13.6. The van der Waals surface area contributed by atoms with E-state index < -0.39 is 0 Å². The van der Waals surface area contributed by atoms with Gasteiger partial charge < -0.3 is 14.9 Å². The Bertz CT molecular complexity index is 485. The van der Waals surface area contributed by atoms with Crippen LogP contribution in [0.15, 0.2) is 18.2 Å². The number of carbonyl (C=O) groups excluding carboxylic acids is 1. The van der Waals surface area contributed by atoms with Crippen molar-refractivity contribution < 1.29 is 19.7 Å². The number of carbonyl (C=O) groups is 1. The molecule has 0 spiro atoms. The average Bonchev–Trinajstić information content (AvgIpc) is 2.59. The van der Waals surface area contributed by atoms with E-state index in [-0.39, 0.29) is 23.9 Å². The molecule has 0 unspecified atom stereocenters. The lowest BCUT2D eigenvalue weighted by Crippen LogP contribution is -2.09. The van der Waals surface area contributed by atoms with E-state index in [0.717, 1.165) is 12.8 Å². The number of aromatic hydroxyl groups is 2. The monoisotopic (exact) mass is 350 g/mol. The minimum absolute atomic E-state index is 0.117. The lowest BCUT2D eigenvalue weighted by molar-refractivity contribution is -0.142. The first-order chi connectivity index (χ1) is 12.1. The lowest BCUT2D eigenvalue weighted by atomic mass is 10.1. The molecule has 0 aliphatic carbocycles. The van der Waals surface area contributed by atoms with E-state index in [1.54, 1.807) is 6.07 Å². The first-order valence-corrected chi connectivity index (χ1v) is 9.80. The SMILES string of the molecule is CCCCCCCCCCCCCOC(=O)Cc1ccc(O)c(O)c1. The molecule has 0 saturated heterocycles. The van der Waals surface area contributed by atoms with Gasteiger partial charge in [0.05, 0.1) is 13.0 Å². The molecule has 142 valence electrons. The molecule has 0 radical (unpaired) electrons. The van der Waals surface area contributed by atoms with Gasteiger partial charge in [0.15, 0.2) is 11.5 Å². The van der Waals surface area contributed by atoms with Crippen LogP contribution >= 0.6 is 0 Å². The van der Waals surface area contributed by atoms with Gasteiger partial charge in [-0.2, -0.15) is 0 Å². The van der Waals surface area contributed by atoms with Gasteiger partial charge in [-0.1, -0.05) is 77.2 Å². The van der Waals surface area contributed by atoms with E-state index >= 15 is 0 Å². The number of hydrogen-bond acceptors (Lipinski definition) is 4. The van der Waals surface area contributed by atoms with Crippen LogP contribution in [0.4, 0.5) is 0 Å². The third kappa shape index (κ3) is 10.7. The average molecular weight is 350 g/mol. The highest BCUT2D eigenvalue weighted by Gasteiger charge is 2.07. The van der Waals surface area contributed by atoms with Gasteiger partial charge in [0, 0.05) is 0 Å². The van der Waals surface area contributed by atoms with Crippen LogP contribution in [0.3, 0.4) is 0 Å². The van der Waals surface area contributed by atoms with Gasteiger partial charge in [0.2, 0.25) is 0 Å². The van der Waals surface area contributed by atoms with Gasteiger partial charge in [0.25, 0.3) is 0 Å². The smallest absolute Gasteiger partial charge is 0.310 e. The summed E-state index contributed by atoms with van der Waals surface area (Å²) in [5, 5.41) is 18.6. The summed E-state index contributed by atoms with van der Waals surface area (Å²) in [5.41, 5.74) is 0.638. The molecule has 0 atom stereocenters. The van der Waals surface area contributed by atoms with Crippen LogP contribution in [0.1, 0.15) is 83.1 Å². The highest BCUT2D eigenvalue weighted by Crippen LogP contribution is 2.25. The highest BCUT2D eigenvalue weighted by atomic mass is 16.5. The molecule has 25 heavy (non-hydrogen) atoms. The molecule has 0 aliphatic heterocycles. The summed E-state index contributed by atoms with van der Waals surface area (Å²) in [7, 11) is 0. The fourth-order valence-electron chi connectivity index (χ4n) is 2.85. The van der Waals surface area contributed by atoms with Crippen molar-refractivity contribution in [2.45, 2.75) is 84.0 Å². The maximum absolute atomic E-state index is 11.7. The van der Waals surface area contributed by atoms with Crippen LogP contribution in [0, 0.1) is 0 Å². The Morgan fingerprint density at radius 1 is 0.840 bits per heavy atom. The Hall–Kier alpha value is -1.71. The number of benzene rings is 1. The summed E-state index contributed by atoms with van der Waals surface area (Å²) in [6.45, 7) is 2.70. The van der Waals surface area contributed by atoms with Crippen LogP contribution in [0.2, 0.25) is 0 Å². The quantitative estimate of drug-likeness (QED) is 0.264. The van der Waals surface area contributed by atoms with Crippen LogP contribution < -0.4 is 0 Å². The van der Waals surface area contributed by atoms with Crippen molar-refractivity contribution >= 4 is 5.97 Å². The largest absolute Gasteiger partial charge is 0.504 e. The fourth-order valence-corrected chi connectivity index (χ4v) is 2.85. The Kier molecular flexibility index (Phi) is 11.6. The summed E-state index contributed by atoms with van der Waals surface area (Å²) in [6.07, 6.45) is 14.1. The summed E-state index contributed by atoms with van der Waals surface area (Å²) in [4.78, 5) is 11.7. The zero-order valence-electron chi connectivity index (χ0n) is 15.6. The second-order valence-electron chi connectivity index (χ2n) is 6.76. The standard InChI is InChI=1S/C21H34O4/c1-2-3-4-5-6-7-8-9-10-11-12-15-25-21(24)17-18-13-14-19(22)20(23)16-18/h13-14,16,22-23H,2-12,15,17H2,1H3. The van der Waals surface area contributed by atoms with Crippen LogP contribution in [0.25, 0.3) is 0 Å². The number of hydrogen-bond donors (Lipinski definition) is 2. The van der Waals surface area contributed by atoms with E-state index in [0.29, 0.717) is 12.2 Å². The van der Waals surface area contributed by atoms with Gasteiger partial charge in [-0.25, -0.2) is 0 Å². The van der Waals surface area contributed by atoms with E-state index in [1.807, 2.05) is 0 Å². The molecule has 2 N–H and O–H groups in total. The molecule has 4 nitrogen and oxygen atoms in total. The molecule has 0 aliphatic rings. The van der Waals surface area contributed by atoms with Crippen molar-refractivity contribution in [1.29, 1.82) is 0 Å². The third-order valence-electron chi connectivity index (χ3n) is 4.40. The molecule has 1 aromatic carbocycles. The molecule has 1 rings (SSSR count). The van der Waals surface area contributed by atoms with Crippen molar-refractivity contribution in [2.75, 3.05) is 6.61 Å². The van der Waals surface area contributed by atoms with E-state index in [2.05, 4.69) is 6.92 Å². The molecule has 0 fully saturated rings. The fraction of sp³-hybridized carbons (Fsp3) is 0.667. The molecule has 0 heterocycles. The van der Waals surface area contributed by atoms with Crippen LogP contribution in [-0.2, 0) is 16.0 Å². The summed E-state index contributed by atoms with van der Waals surface area (Å²) in [6, 6.07) is 4.37. The minimum atomic E-state index is -0.294. The van der Waals surface area contributed by atoms with Crippen LogP contribution in [0.5, 0.6) is 11.5 Å². The topological polar surface area (TPSA) is 66.8 Å². The Labute approximate surface area is 152 Å². The number of unbranched alkanes of at least 4 members (excludes halogenated alkanes) is 10. The van der Waals surface area contributed by atoms with E-state index in [9.17, 15) is 15.0 Å². The zero-order valence-corrected chi connectivity index (χ0v) is 15.6. The maximum atomic E-state index is 11.7. The Morgan fingerprint density at radius 2 is 1.40 bits per heavy atom. The number of esters is 1. The van der Waals surface area contributed by atoms with E-state index in [1.165, 1.54) is 69.9 Å². The molecule has 1 aromatic rings. The summed E-state index contributed by atoms with van der Waals surface area (Å²) < 4.78 is 5.22. The molecule has 0 amide bonds. The molecular weight excluding hydrogens is 316 g/mol. The van der Waals surface area contributed by atoms with Crippen molar-refractivity contribution in [3.63, 3.8) is 0 Å². The van der Waals surface area contributed by atoms with E-state index in [4.69, 9.17) is 4.74 Å². The third-order valence-corrected chi connectivity index (χ3v) is 4.40. The molecule has 4 heteroatoms. The number of rotatable bonds is 14. The van der Waals surface area contributed by atoms with Crippen molar-refractivity contribution in [2.24, 2.45) is 0 Å². The van der Waals surface area contributed by atoms with Gasteiger partial charge in [0.1, 0.15) is 0 Å². The number of phenolic OH excluding ortho intramolecular Hbond substituents is 2. The Morgan fingerprint density at radius 3 is 1.96 bits per heavy atom. The molecule has 0 bridgehead atoms. The lowest BCUT2D eigenvalue weighted by Gasteiger charge is -2.06. The highest BCUT2D eigenvalue weighted by molar-refractivity contribution is 5.72. The summed E-state index contributed by atoms with van der Waals surface area (Å²) in [5.74, 6) is -0.689.